The normalized spacial score (nSPS) is 13.3. The van der Waals surface area contributed by atoms with E-state index in [-0.39, 0.29) is 5.71 Å². The van der Waals surface area contributed by atoms with Gasteiger partial charge >= 0.3 is 6.18 Å². The molecule has 0 saturated heterocycles. The van der Waals surface area contributed by atoms with Gasteiger partial charge in [-0.3, -0.25) is 4.99 Å². The molecule has 0 aliphatic carbocycles. The molecule has 0 aliphatic rings. The highest BCUT2D eigenvalue weighted by Crippen LogP contribution is 2.27. The van der Waals surface area contributed by atoms with Crippen molar-refractivity contribution in [3.8, 4) is 0 Å². The second kappa shape index (κ2) is 8.50. The highest BCUT2D eigenvalue weighted by molar-refractivity contribution is 6.00. The lowest BCUT2D eigenvalue weighted by molar-refractivity contribution is -0.0864. The van der Waals surface area contributed by atoms with Crippen LogP contribution in [0.1, 0.15) is 40.5 Å². The van der Waals surface area contributed by atoms with Gasteiger partial charge < -0.3 is 0 Å². The van der Waals surface area contributed by atoms with Crippen LogP contribution < -0.4 is 0 Å². The lowest BCUT2D eigenvalue weighted by Crippen LogP contribution is -2.19. The maximum Gasteiger partial charge on any atom is 0.417 e. The third-order valence-electron chi connectivity index (χ3n) is 1.63. The lowest BCUT2D eigenvalue weighted by atomic mass is 10.1. The van der Waals surface area contributed by atoms with Crippen molar-refractivity contribution >= 4 is 5.71 Å². The molecule has 0 radical (unpaired) electrons. The summed E-state index contributed by atoms with van der Waals surface area (Å²) in [5, 5.41) is 0. The van der Waals surface area contributed by atoms with Crippen molar-refractivity contribution in [2.75, 3.05) is 7.05 Å². The Morgan fingerprint density at radius 3 is 1.87 bits per heavy atom. The van der Waals surface area contributed by atoms with Crippen molar-refractivity contribution in [3.05, 3.63) is 11.6 Å². The largest absolute Gasteiger partial charge is 0.417 e. The second-order valence-electron chi connectivity index (χ2n) is 2.55. The lowest BCUT2D eigenvalue weighted by Gasteiger charge is -2.12. The van der Waals surface area contributed by atoms with Gasteiger partial charge in [-0.15, -0.1) is 0 Å². The van der Waals surface area contributed by atoms with Gasteiger partial charge in [0, 0.05) is 12.8 Å². The maximum atomic E-state index is 12.4. The van der Waals surface area contributed by atoms with Gasteiger partial charge in [-0.25, -0.2) is 0 Å². The SMILES string of the molecule is CC.CC/C=C(\C(CC)=NC)C(F)(F)F. The Kier molecular flexibility index (Phi) is 9.42. The molecule has 0 aliphatic heterocycles. The molecule has 4 heteroatoms. The van der Waals surface area contributed by atoms with Crippen LogP contribution in [0.2, 0.25) is 0 Å². The number of allylic oxidation sites excluding steroid dienone is 2. The number of hydrogen-bond donors (Lipinski definition) is 0. The molecule has 0 spiro atoms. The predicted molar refractivity (Wildman–Crippen MR) is 59.4 cm³/mol. The fraction of sp³-hybridized carbons (Fsp3) is 0.727. The van der Waals surface area contributed by atoms with Gasteiger partial charge in [0.25, 0.3) is 0 Å². The van der Waals surface area contributed by atoms with E-state index in [1.54, 1.807) is 13.8 Å². The predicted octanol–water partition coefficient (Wildman–Crippen LogP) is 4.39. The highest BCUT2D eigenvalue weighted by atomic mass is 19.4. The van der Waals surface area contributed by atoms with E-state index in [0.717, 1.165) is 0 Å². The van der Waals surface area contributed by atoms with Crippen LogP contribution in [0, 0.1) is 0 Å². The molecule has 0 fully saturated rings. The maximum absolute atomic E-state index is 12.4. The summed E-state index contributed by atoms with van der Waals surface area (Å²) >= 11 is 0. The smallest absolute Gasteiger partial charge is 0.292 e. The molecule has 0 saturated carbocycles. The molecule has 90 valence electrons. The molecule has 1 nitrogen and oxygen atoms in total. The Morgan fingerprint density at radius 1 is 1.20 bits per heavy atom. The summed E-state index contributed by atoms with van der Waals surface area (Å²) in [4.78, 5) is 3.62. The Labute approximate surface area is 90.1 Å². The molecule has 0 aromatic carbocycles. The van der Waals surface area contributed by atoms with Crippen molar-refractivity contribution in [2.24, 2.45) is 4.99 Å². The molecule has 0 heterocycles. The summed E-state index contributed by atoms with van der Waals surface area (Å²) in [6.07, 6.45) is -2.43. The van der Waals surface area contributed by atoms with Crippen molar-refractivity contribution < 1.29 is 13.2 Å². The fourth-order valence-electron chi connectivity index (χ4n) is 1.07. The zero-order valence-electron chi connectivity index (χ0n) is 10.1. The van der Waals surface area contributed by atoms with Crippen LogP contribution in [-0.4, -0.2) is 18.9 Å². The molecular formula is C11H20F3N. The summed E-state index contributed by atoms with van der Waals surface area (Å²) in [5.74, 6) is 0. The van der Waals surface area contributed by atoms with Crippen molar-refractivity contribution in [1.29, 1.82) is 0 Å². The van der Waals surface area contributed by atoms with E-state index in [0.29, 0.717) is 12.8 Å². The average molecular weight is 223 g/mol. The number of rotatable bonds is 3. The first-order valence-corrected chi connectivity index (χ1v) is 5.20. The second-order valence-corrected chi connectivity index (χ2v) is 2.55. The van der Waals surface area contributed by atoms with Crippen LogP contribution in [0.5, 0.6) is 0 Å². The number of aliphatic imine (C=N–C) groups is 1. The number of hydrogen-bond acceptors (Lipinski definition) is 1. The standard InChI is InChI=1S/C9H14F3N.C2H6/c1-4-6-7(9(10,11)12)8(5-2)13-3;1-2/h6H,4-5H2,1-3H3;1-2H3/b7-6+,13-8?;. The van der Waals surface area contributed by atoms with Gasteiger partial charge in [0.05, 0.1) is 5.57 Å². The number of halogens is 3. The van der Waals surface area contributed by atoms with Gasteiger partial charge in [-0.05, 0) is 12.8 Å². The molecule has 15 heavy (non-hydrogen) atoms. The van der Waals surface area contributed by atoms with Crippen LogP contribution in [0.25, 0.3) is 0 Å². The molecule has 0 aromatic rings. The zero-order chi connectivity index (χ0) is 12.5. The number of alkyl halides is 3. The van der Waals surface area contributed by atoms with Crippen molar-refractivity contribution in [3.63, 3.8) is 0 Å². The first-order chi connectivity index (χ1) is 6.97. The number of nitrogens with zero attached hydrogens (tertiary/aromatic N) is 1. The van der Waals surface area contributed by atoms with Crippen LogP contribution >= 0.6 is 0 Å². The van der Waals surface area contributed by atoms with E-state index in [2.05, 4.69) is 4.99 Å². The monoisotopic (exact) mass is 223 g/mol. The molecule has 0 N–H and O–H groups in total. The summed E-state index contributed by atoms with van der Waals surface area (Å²) < 4.78 is 37.1. The molecule has 0 rings (SSSR count). The van der Waals surface area contributed by atoms with E-state index < -0.39 is 11.7 Å². The zero-order valence-corrected chi connectivity index (χ0v) is 10.1. The Bertz CT molecular complexity index is 214. The van der Waals surface area contributed by atoms with Gasteiger partial charge in [0.1, 0.15) is 0 Å². The quantitative estimate of drug-likeness (QED) is 0.629. The molecular weight excluding hydrogens is 203 g/mol. The van der Waals surface area contributed by atoms with Crippen LogP contribution in [0.4, 0.5) is 13.2 Å². The third kappa shape index (κ3) is 6.31. The van der Waals surface area contributed by atoms with Crippen molar-refractivity contribution in [2.45, 2.75) is 46.7 Å². The Balaban J connectivity index is 0. The van der Waals surface area contributed by atoms with Gasteiger partial charge in [0.15, 0.2) is 0 Å². The van der Waals surface area contributed by atoms with Crippen LogP contribution in [0.3, 0.4) is 0 Å². The fourth-order valence-corrected chi connectivity index (χ4v) is 1.07. The molecule has 0 aromatic heterocycles. The average Bonchev–Trinajstić information content (AvgIpc) is 2.20. The van der Waals surface area contributed by atoms with E-state index in [1.165, 1.54) is 13.1 Å². The van der Waals surface area contributed by atoms with E-state index in [4.69, 9.17) is 0 Å². The summed E-state index contributed by atoms with van der Waals surface area (Å²) in [7, 11) is 1.38. The van der Waals surface area contributed by atoms with E-state index >= 15 is 0 Å². The van der Waals surface area contributed by atoms with Crippen LogP contribution in [-0.2, 0) is 0 Å². The molecule has 0 unspecified atom stereocenters. The summed E-state index contributed by atoms with van der Waals surface area (Å²) in [5.41, 5.74) is -0.477. The van der Waals surface area contributed by atoms with Gasteiger partial charge in [-0.1, -0.05) is 33.8 Å². The first kappa shape index (κ1) is 16.6. The third-order valence-corrected chi connectivity index (χ3v) is 1.63. The van der Waals surface area contributed by atoms with Crippen molar-refractivity contribution in [1.82, 2.24) is 0 Å². The van der Waals surface area contributed by atoms with E-state index in [1.807, 2.05) is 13.8 Å². The summed E-state index contributed by atoms with van der Waals surface area (Å²) in [6.45, 7) is 7.34. The molecule has 0 bridgehead atoms. The highest BCUT2D eigenvalue weighted by Gasteiger charge is 2.35. The first-order valence-electron chi connectivity index (χ1n) is 5.20. The Morgan fingerprint density at radius 2 is 1.67 bits per heavy atom. The van der Waals surface area contributed by atoms with Gasteiger partial charge in [0.2, 0.25) is 0 Å². The Hall–Kier alpha value is -0.800. The molecule has 0 atom stereocenters. The molecule has 0 amide bonds. The minimum Gasteiger partial charge on any atom is -0.292 e. The minimum absolute atomic E-state index is 0.120. The van der Waals surface area contributed by atoms with Gasteiger partial charge in [-0.2, -0.15) is 13.2 Å². The minimum atomic E-state index is -4.28. The topological polar surface area (TPSA) is 12.4 Å². The van der Waals surface area contributed by atoms with Crippen LogP contribution in [0.15, 0.2) is 16.6 Å². The van der Waals surface area contributed by atoms with E-state index in [9.17, 15) is 13.2 Å². The summed E-state index contributed by atoms with van der Waals surface area (Å²) in [6, 6.07) is 0.